The molecule has 4 amide bonds. The van der Waals surface area contributed by atoms with Crippen LogP contribution in [0.3, 0.4) is 0 Å². The number of nitrogens with one attached hydrogen (secondary N) is 2. The van der Waals surface area contributed by atoms with Crippen LogP contribution in [0.15, 0.2) is 0 Å². The van der Waals surface area contributed by atoms with Gasteiger partial charge >= 0.3 is 5.97 Å². The highest BCUT2D eigenvalue weighted by Crippen LogP contribution is 2.19. The van der Waals surface area contributed by atoms with Crippen LogP contribution in [0.5, 0.6) is 0 Å². The number of aliphatic hydroxyl groups excluding tert-OH is 1. The first kappa shape index (κ1) is 23.3. The fraction of sp³-hybridized carbons (Fsp3) is 0.688. The molecule has 28 heavy (non-hydrogen) atoms. The van der Waals surface area contributed by atoms with E-state index in [4.69, 9.17) is 21.7 Å². The molecule has 12 heteroatoms. The molecule has 1 aliphatic rings. The third-order valence-electron chi connectivity index (χ3n) is 4.40. The maximum absolute atomic E-state index is 12.6. The number of carboxylic acid groups (broad SMARTS) is 1. The van der Waals surface area contributed by atoms with E-state index >= 15 is 0 Å². The summed E-state index contributed by atoms with van der Waals surface area (Å²) in [5.74, 6) is -3.83. The molecule has 0 spiro atoms. The van der Waals surface area contributed by atoms with Gasteiger partial charge in [0.1, 0.15) is 18.1 Å². The number of nitrogens with two attached hydrogens (primary N) is 2. The van der Waals surface area contributed by atoms with E-state index in [9.17, 15) is 24.0 Å². The van der Waals surface area contributed by atoms with E-state index in [0.717, 1.165) is 0 Å². The van der Waals surface area contributed by atoms with E-state index in [1.54, 1.807) is 0 Å². The number of carbonyl (C=O) groups excluding carboxylic acids is 4. The summed E-state index contributed by atoms with van der Waals surface area (Å²) in [6.45, 7) is 0.918. The van der Waals surface area contributed by atoms with Crippen LogP contribution in [0.4, 0.5) is 0 Å². The van der Waals surface area contributed by atoms with Gasteiger partial charge in [0.2, 0.25) is 23.6 Å². The van der Waals surface area contributed by atoms with Gasteiger partial charge in [0.15, 0.2) is 0 Å². The van der Waals surface area contributed by atoms with Gasteiger partial charge in [0, 0.05) is 13.0 Å². The highest BCUT2D eigenvalue weighted by Gasteiger charge is 2.37. The molecule has 1 saturated heterocycles. The van der Waals surface area contributed by atoms with Crippen molar-refractivity contribution in [2.24, 2.45) is 11.5 Å². The lowest BCUT2D eigenvalue weighted by Crippen LogP contribution is -2.56. The number of carbonyl (C=O) groups is 5. The van der Waals surface area contributed by atoms with Crippen LogP contribution in [0.25, 0.3) is 0 Å². The number of nitrogens with zero attached hydrogens (tertiary/aromatic N) is 1. The molecule has 1 rings (SSSR count). The van der Waals surface area contributed by atoms with Crippen molar-refractivity contribution < 1.29 is 34.2 Å². The molecule has 0 aromatic carbocycles. The number of hydrogen-bond acceptors (Lipinski definition) is 7. The zero-order valence-electron chi connectivity index (χ0n) is 15.6. The molecule has 8 N–H and O–H groups in total. The first-order valence-corrected chi connectivity index (χ1v) is 8.87. The Balaban J connectivity index is 2.67. The van der Waals surface area contributed by atoms with E-state index < -0.39 is 60.4 Å². The van der Waals surface area contributed by atoms with E-state index in [0.29, 0.717) is 12.8 Å². The lowest BCUT2D eigenvalue weighted by atomic mass is 10.1. The van der Waals surface area contributed by atoms with Crippen LogP contribution in [-0.4, -0.2) is 82.0 Å². The molecule has 0 aliphatic carbocycles. The summed E-state index contributed by atoms with van der Waals surface area (Å²) in [5.41, 5.74) is 10.7. The zero-order chi connectivity index (χ0) is 21.4. The summed E-state index contributed by atoms with van der Waals surface area (Å²) < 4.78 is 0. The second-order valence-electron chi connectivity index (χ2n) is 6.61. The van der Waals surface area contributed by atoms with Crippen molar-refractivity contribution in [3.05, 3.63) is 0 Å². The molecule has 1 aliphatic heterocycles. The molecule has 0 radical (unpaired) electrons. The Kier molecular flexibility index (Phi) is 8.79. The van der Waals surface area contributed by atoms with Crippen LogP contribution < -0.4 is 22.1 Å². The van der Waals surface area contributed by atoms with Gasteiger partial charge in [-0.25, -0.2) is 4.79 Å². The molecular weight excluding hydrogens is 374 g/mol. The molecule has 1 fully saturated rings. The number of amides is 4. The van der Waals surface area contributed by atoms with Gasteiger partial charge in [-0.3, -0.25) is 19.2 Å². The van der Waals surface area contributed by atoms with E-state index in [2.05, 4.69) is 10.6 Å². The molecule has 158 valence electrons. The Bertz CT molecular complexity index is 627. The number of aliphatic hydroxyl groups is 1. The van der Waals surface area contributed by atoms with Gasteiger partial charge in [0.05, 0.1) is 12.6 Å². The molecule has 4 unspecified atom stereocenters. The third kappa shape index (κ3) is 6.46. The first-order chi connectivity index (χ1) is 13.1. The standard InChI is InChI=1S/C16H27N5O7/c1-8(19-13(24)9(17)4-5-12(18)23)15(26)21-6-2-3-11(21)14(25)20-10(7-22)16(27)28/h8-11,22H,2-7,17H2,1H3,(H2,18,23)(H,19,24)(H,20,25)(H,27,28). The fourth-order valence-corrected chi connectivity index (χ4v) is 2.82. The summed E-state index contributed by atoms with van der Waals surface area (Å²) in [4.78, 5) is 59.9. The van der Waals surface area contributed by atoms with Crippen LogP contribution in [0.1, 0.15) is 32.6 Å². The summed E-state index contributed by atoms with van der Waals surface area (Å²) in [6.07, 6.45) is 0.822. The normalized spacial score (nSPS) is 19.4. The first-order valence-electron chi connectivity index (χ1n) is 8.87. The second-order valence-corrected chi connectivity index (χ2v) is 6.61. The van der Waals surface area contributed by atoms with Crippen molar-refractivity contribution in [1.82, 2.24) is 15.5 Å². The minimum Gasteiger partial charge on any atom is -0.480 e. The van der Waals surface area contributed by atoms with Crippen LogP contribution in [0.2, 0.25) is 0 Å². The van der Waals surface area contributed by atoms with Crippen LogP contribution >= 0.6 is 0 Å². The quantitative estimate of drug-likeness (QED) is 0.217. The summed E-state index contributed by atoms with van der Waals surface area (Å²) in [6, 6.07) is -4.36. The number of primary amides is 1. The fourth-order valence-electron chi connectivity index (χ4n) is 2.82. The van der Waals surface area contributed by atoms with Gasteiger partial charge in [-0.2, -0.15) is 0 Å². The Morgan fingerprint density at radius 1 is 1.21 bits per heavy atom. The predicted octanol–water partition coefficient (Wildman–Crippen LogP) is -3.36. The van der Waals surface area contributed by atoms with Crippen molar-refractivity contribution in [3.63, 3.8) is 0 Å². The molecule has 0 saturated carbocycles. The van der Waals surface area contributed by atoms with Crippen molar-refractivity contribution in [2.45, 2.75) is 56.8 Å². The third-order valence-corrected chi connectivity index (χ3v) is 4.40. The largest absolute Gasteiger partial charge is 0.480 e. The van der Waals surface area contributed by atoms with Gasteiger partial charge < -0.3 is 37.2 Å². The second kappa shape index (κ2) is 10.6. The van der Waals surface area contributed by atoms with Gasteiger partial charge in [0.25, 0.3) is 0 Å². The van der Waals surface area contributed by atoms with E-state index in [-0.39, 0.29) is 19.4 Å². The molecule has 0 bridgehead atoms. The predicted molar refractivity (Wildman–Crippen MR) is 95.4 cm³/mol. The lowest BCUT2D eigenvalue weighted by Gasteiger charge is -2.28. The number of carboxylic acids is 1. The maximum Gasteiger partial charge on any atom is 0.328 e. The smallest absolute Gasteiger partial charge is 0.328 e. The van der Waals surface area contributed by atoms with E-state index in [1.807, 2.05) is 0 Å². The Morgan fingerprint density at radius 3 is 2.39 bits per heavy atom. The lowest BCUT2D eigenvalue weighted by molar-refractivity contribution is -0.145. The summed E-state index contributed by atoms with van der Waals surface area (Å²) in [5, 5.41) is 22.6. The van der Waals surface area contributed by atoms with Crippen LogP contribution in [-0.2, 0) is 24.0 Å². The zero-order valence-corrected chi connectivity index (χ0v) is 15.6. The van der Waals surface area contributed by atoms with Crippen molar-refractivity contribution >= 4 is 29.6 Å². The number of hydrogen-bond donors (Lipinski definition) is 6. The molecule has 1 heterocycles. The molecule has 0 aromatic rings. The Labute approximate surface area is 161 Å². The van der Waals surface area contributed by atoms with E-state index in [1.165, 1.54) is 11.8 Å². The summed E-state index contributed by atoms with van der Waals surface area (Å²) in [7, 11) is 0. The maximum atomic E-state index is 12.6. The number of likely N-dealkylation sites (tertiary alicyclic amines) is 1. The SMILES string of the molecule is CC(NC(=O)C(N)CCC(N)=O)C(=O)N1CCCC1C(=O)NC(CO)C(=O)O. The minimum atomic E-state index is -1.47. The van der Waals surface area contributed by atoms with Crippen LogP contribution in [0, 0.1) is 0 Å². The van der Waals surface area contributed by atoms with Crippen molar-refractivity contribution in [2.75, 3.05) is 13.2 Å². The number of rotatable bonds is 10. The molecule has 0 aromatic heterocycles. The molecule has 12 nitrogen and oxygen atoms in total. The number of aliphatic carboxylic acids is 1. The Hall–Kier alpha value is -2.73. The van der Waals surface area contributed by atoms with Crippen molar-refractivity contribution in [1.29, 1.82) is 0 Å². The summed E-state index contributed by atoms with van der Waals surface area (Å²) >= 11 is 0. The minimum absolute atomic E-state index is 0.0363. The van der Waals surface area contributed by atoms with Gasteiger partial charge in [-0.15, -0.1) is 0 Å². The topological polar surface area (TPSA) is 205 Å². The molecular formula is C16H27N5O7. The molecule has 4 atom stereocenters. The highest BCUT2D eigenvalue weighted by molar-refractivity contribution is 5.94. The van der Waals surface area contributed by atoms with Crippen molar-refractivity contribution in [3.8, 4) is 0 Å². The monoisotopic (exact) mass is 401 g/mol. The Morgan fingerprint density at radius 2 is 1.86 bits per heavy atom. The van der Waals surface area contributed by atoms with Gasteiger partial charge in [-0.1, -0.05) is 0 Å². The average Bonchev–Trinajstić information content (AvgIpc) is 3.12. The average molecular weight is 401 g/mol. The van der Waals surface area contributed by atoms with Gasteiger partial charge in [-0.05, 0) is 26.2 Å². The highest BCUT2D eigenvalue weighted by atomic mass is 16.4.